The van der Waals surface area contributed by atoms with E-state index in [1.807, 2.05) is 6.07 Å². The topological polar surface area (TPSA) is 116 Å². The van der Waals surface area contributed by atoms with Crippen molar-refractivity contribution in [2.24, 2.45) is 5.92 Å². The zero-order valence-corrected chi connectivity index (χ0v) is 16.5. The molecule has 0 bridgehead atoms. The Morgan fingerprint density at radius 3 is 2.39 bits per heavy atom. The highest BCUT2D eigenvalue weighted by molar-refractivity contribution is 7.93. The maximum Gasteiger partial charge on any atom is 0.508 e. The zero-order valence-electron chi connectivity index (χ0n) is 15.7. The van der Waals surface area contributed by atoms with E-state index in [-0.39, 0.29) is 6.61 Å². The summed E-state index contributed by atoms with van der Waals surface area (Å²) in [7, 11) is -2.80. The molecule has 2 heterocycles. The Bertz CT molecular complexity index is 895. The Kier molecular flexibility index (Phi) is 5.09. The van der Waals surface area contributed by atoms with Crippen LogP contribution in [0.15, 0.2) is 30.3 Å². The summed E-state index contributed by atoms with van der Waals surface area (Å²) < 4.78 is 38.8. The number of carbonyl (C=O) groups is 3. The second-order valence-electron chi connectivity index (χ2n) is 7.15. The van der Waals surface area contributed by atoms with E-state index < -0.39 is 56.6 Å². The van der Waals surface area contributed by atoms with E-state index in [9.17, 15) is 22.8 Å². The average molecular weight is 411 g/mol. The third-order valence-electron chi connectivity index (χ3n) is 5.17. The molecule has 9 nitrogen and oxygen atoms in total. The van der Waals surface area contributed by atoms with Crippen molar-refractivity contribution in [2.75, 3.05) is 13.7 Å². The standard InChI is InChI=1S/C18H21NO8S/c1-18(2)13(16(21)26-9-11-7-5-4-6-8-11)19-14(20)12(10-27-17(22)25-3)15(19)28(18,23)24/h4-8,12-13,15H,9-10H2,1-3H3/t12-,13+,15-/m1/s1. The fourth-order valence-electron chi connectivity index (χ4n) is 3.57. The first-order chi connectivity index (χ1) is 13.1. The molecular weight excluding hydrogens is 390 g/mol. The maximum absolute atomic E-state index is 13.0. The van der Waals surface area contributed by atoms with Crippen LogP contribution in [0.4, 0.5) is 4.79 Å². The monoisotopic (exact) mass is 411 g/mol. The molecule has 10 heteroatoms. The Labute approximate surface area is 162 Å². The van der Waals surface area contributed by atoms with Crippen LogP contribution in [-0.2, 0) is 40.2 Å². The maximum atomic E-state index is 13.0. The first kappa shape index (κ1) is 20.1. The molecule has 0 radical (unpaired) electrons. The van der Waals surface area contributed by atoms with Gasteiger partial charge in [0.15, 0.2) is 15.2 Å². The number of fused-ring (bicyclic) bond motifs is 1. The minimum Gasteiger partial charge on any atom is -0.459 e. The second-order valence-corrected chi connectivity index (χ2v) is 9.78. The number of rotatable bonds is 5. The summed E-state index contributed by atoms with van der Waals surface area (Å²) in [4.78, 5) is 37.4. The normalized spacial score (nSPS) is 26.8. The van der Waals surface area contributed by atoms with Gasteiger partial charge in [-0.25, -0.2) is 18.0 Å². The molecule has 2 aliphatic heterocycles. The predicted molar refractivity (Wildman–Crippen MR) is 95.5 cm³/mol. The van der Waals surface area contributed by atoms with Crippen molar-refractivity contribution in [3.63, 3.8) is 0 Å². The van der Waals surface area contributed by atoms with E-state index in [0.717, 1.165) is 17.6 Å². The Morgan fingerprint density at radius 2 is 1.79 bits per heavy atom. The van der Waals surface area contributed by atoms with Crippen molar-refractivity contribution in [3.05, 3.63) is 35.9 Å². The van der Waals surface area contributed by atoms with Gasteiger partial charge >= 0.3 is 12.1 Å². The molecule has 1 amide bonds. The summed E-state index contributed by atoms with van der Waals surface area (Å²) >= 11 is 0. The molecule has 0 aliphatic carbocycles. The highest BCUT2D eigenvalue weighted by atomic mass is 32.2. The van der Waals surface area contributed by atoms with Crippen molar-refractivity contribution in [3.8, 4) is 0 Å². The van der Waals surface area contributed by atoms with Crippen LogP contribution < -0.4 is 0 Å². The van der Waals surface area contributed by atoms with Gasteiger partial charge in [0.2, 0.25) is 5.91 Å². The lowest BCUT2D eigenvalue weighted by Crippen LogP contribution is -2.64. The van der Waals surface area contributed by atoms with Gasteiger partial charge in [0.05, 0.1) is 11.9 Å². The number of β-lactam (4-membered cyclic amide) rings is 1. The van der Waals surface area contributed by atoms with Gasteiger partial charge in [0.25, 0.3) is 0 Å². The highest BCUT2D eigenvalue weighted by Gasteiger charge is 2.72. The van der Waals surface area contributed by atoms with Crippen LogP contribution in [0.1, 0.15) is 19.4 Å². The van der Waals surface area contributed by atoms with Crippen molar-refractivity contribution >= 4 is 27.9 Å². The van der Waals surface area contributed by atoms with Crippen LogP contribution in [0.25, 0.3) is 0 Å². The average Bonchev–Trinajstić information content (AvgIpc) is 2.81. The number of carbonyl (C=O) groups excluding carboxylic acids is 3. The molecular formula is C18H21NO8S. The summed E-state index contributed by atoms with van der Waals surface area (Å²) in [6.07, 6.45) is -1.01. The van der Waals surface area contributed by atoms with E-state index in [0.29, 0.717) is 0 Å². The number of ether oxygens (including phenoxy) is 3. The Balaban J connectivity index is 1.78. The molecule has 0 unspecified atom stereocenters. The predicted octanol–water partition coefficient (Wildman–Crippen LogP) is 0.873. The quantitative estimate of drug-likeness (QED) is 0.518. The minimum absolute atomic E-state index is 0.0339. The molecule has 152 valence electrons. The first-order valence-electron chi connectivity index (χ1n) is 8.60. The smallest absolute Gasteiger partial charge is 0.459 e. The lowest BCUT2D eigenvalue weighted by atomic mass is 9.92. The summed E-state index contributed by atoms with van der Waals surface area (Å²) in [5.41, 5.74) is 0.741. The van der Waals surface area contributed by atoms with E-state index >= 15 is 0 Å². The molecule has 0 aromatic heterocycles. The number of benzene rings is 1. The van der Waals surface area contributed by atoms with Gasteiger partial charge in [-0.3, -0.25) is 4.79 Å². The summed E-state index contributed by atoms with van der Waals surface area (Å²) in [5, 5.41) is -1.24. The van der Waals surface area contributed by atoms with E-state index in [2.05, 4.69) is 4.74 Å². The van der Waals surface area contributed by atoms with Crippen molar-refractivity contribution < 1.29 is 37.0 Å². The summed E-state index contributed by atoms with van der Waals surface area (Å²) in [6, 6.07) is 7.65. The first-order valence-corrected chi connectivity index (χ1v) is 10.1. The molecule has 0 spiro atoms. The Hall–Kier alpha value is -2.62. The third kappa shape index (κ3) is 3.01. The molecule has 1 aromatic carbocycles. The molecule has 2 saturated heterocycles. The van der Waals surface area contributed by atoms with Gasteiger partial charge < -0.3 is 19.1 Å². The van der Waals surface area contributed by atoms with Crippen LogP contribution >= 0.6 is 0 Å². The van der Waals surface area contributed by atoms with Crippen LogP contribution in [0.2, 0.25) is 0 Å². The number of amides is 1. The second kappa shape index (κ2) is 7.08. The van der Waals surface area contributed by atoms with Gasteiger partial charge in [-0.2, -0.15) is 0 Å². The lowest BCUT2D eigenvalue weighted by molar-refractivity contribution is -0.169. The van der Waals surface area contributed by atoms with E-state index in [1.165, 1.54) is 13.8 Å². The van der Waals surface area contributed by atoms with E-state index in [1.54, 1.807) is 24.3 Å². The van der Waals surface area contributed by atoms with Crippen LogP contribution in [0.5, 0.6) is 0 Å². The van der Waals surface area contributed by atoms with Gasteiger partial charge in [0.1, 0.15) is 25.2 Å². The SMILES string of the molecule is COC(=O)OC[C@@H]1C(=O)N2[C@@H](C(=O)OCc3ccccc3)C(C)(C)S(=O)(=O)[C@H]12. The van der Waals surface area contributed by atoms with Gasteiger partial charge in [-0.05, 0) is 19.4 Å². The number of esters is 1. The fraction of sp³-hybridized carbons (Fsp3) is 0.500. The van der Waals surface area contributed by atoms with Crippen molar-refractivity contribution in [1.82, 2.24) is 4.90 Å². The van der Waals surface area contributed by atoms with Gasteiger partial charge in [0, 0.05) is 0 Å². The van der Waals surface area contributed by atoms with Gasteiger partial charge in [-0.1, -0.05) is 30.3 Å². The molecule has 3 atom stereocenters. The fourth-order valence-corrected chi connectivity index (χ4v) is 5.86. The Morgan fingerprint density at radius 1 is 1.14 bits per heavy atom. The molecule has 0 saturated carbocycles. The molecule has 3 rings (SSSR count). The molecule has 2 fully saturated rings. The van der Waals surface area contributed by atoms with Crippen molar-refractivity contribution in [2.45, 2.75) is 36.6 Å². The molecule has 1 aromatic rings. The molecule has 0 N–H and O–H groups in total. The third-order valence-corrected chi connectivity index (χ3v) is 8.05. The number of hydrogen-bond donors (Lipinski definition) is 0. The highest BCUT2D eigenvalue weighted by Crippen LogP contribution is 2.49. The van der Waals surface area contributed by atoms with Crippen LogP contribution in [-0.4, -0.2) is 61.2 Å². The van der Waals surface area contributed by atoms with Gasteiger partial charge in [-0.15, -0.1) is 0 Å². The van der Waals surface area contributed by atoms with Crippen LogP contribution in [0, 0.1) is 5.92 Å². The minimum atomic E-state index is -3.91. The zero-order chi connectivity index (χ0) is 20.7. The largest absolute Gasteiger partial charge is 0.508 e. The number of methoxy groups -OCH3 is 1. The molecule has 2 aliphatic rings. The number of hydrogen-bond acceptors (Lipinski definition) is 8. The summed E-state index contributed by atoms with van der Waals surface area (Å²) in [6.45, 7) is 2.31. The molecule has 28 heavy (non-hydrogen) atoms. The van der Waals surface area contributed by atoms with Crippen LogP contribution in [0.3, 0.4) is 0 Å². The number of nitrogens with zero attached hydrogens (tertiary/aromatic N) is 1. The summed E-state index contributed by atoms with van der Waals surface area (Å²) in [5.74, 6) is -2.44. The number of sulfone groups is 1. The lowest BCUT2D eigenvalue weighted by Gasteiger charge is -2.42. The van der Waals surface area contributed by atoms with Crippen molar-refractivity contribution in [1.29, 1.82) is 0 Å². The van der Waals surface area contributed by atoms with E-state index in [4.69, 9.17) is 9.47 Å².